The topological polar surface area (TPSA) is 0 Å². The monoisotopic (exact) mass is 344 g/mol. The van der Waals surface area contributed by atoms with Gasteiger partial charge in [0, 0.05) is 0 Å². The van der Waals surface area contributed by atoms with Gasteiger partial charge in [0.2, 0.25) is 0 Å². The molecule has 0 atom stereocenters. The van der Waals surface area contributed by atoms with Crippen LogP contribution in [0.4, 0.5) is 0 Å². The lowest BCUT2D eigenvalue weighted by Gasteiger charge is -2.09. The smallest absolute Gasteiger partial charge is 0.00132 e. The van der Waals surface area contributed by atoms with Gasteiger partial charge in [0.05, 0.1) is 0 Å². The Bertz CT molecular complexity index is 1130. The number of rotatable bonds is 3. The van der Waals surface area contributed by atoms with E-state index in [2.05, 4.69) is 97.6 Å². The van der Waals surface area contributed by atoms with E-state index in [0.29, 0.717) is 0 Å². The van der Waals surface area contributed by atoms with E-state index in [-0.39, 0.29) is 0 Å². The quantitative estimate of drug-likeness (QED) is 0.331. The second-order valence-electron chi connectivity index (χ2n) is 7.13. The minimum Gasteiger partial charge on any atom is -0.0906 e. The molecule has 0 heteroatoms. The van der Waals surface area contributed by atoms with Crippen molar-refractivity contribution in [2.45, 2.75) is 6.42 Å². The van der Waals surface area contributed by atoms with Gasteiger partial charge in [-0.1, -0.05) is 104 Å². The standard InChI is InChI=1S/C27H20/c1-19(20-7-3-2-4-8-20)21-11-13-22(14-12-21)23-15-16-27-25(17-23)18-24-9-5-6-10-26(24)27/h2-17H,1,18H2. The van der Waals surface area contributed by atoms with Crippen LogP contribution in [-0.4, -0.2) is 0 Å². The Balaban J connectivity index is 1.45. The average molecular weight is 344 g/mol. The molecule has 0 heterocycles. The Hall–Kier alpha value is -3.38. The molecule has 0 fully saturated rings. The summed E-state index contributed by atoms with van der Waals surface area (Å²) >= 11 is 0. The molecule has 1 aliphatic carbocycles. The zero-order chi connectivity index (χ0) is 18.2. The minimum absolute atomic E-state index is 1.03. The van der Waals surface area contributed by atoms with E-state index in [4.69, 9.17) is 0 Å². The highest BCUT2D eigenvalue weighted by molar-refractivity contribution is 5.82. The first-order valence-electron chi connectivity index (χ1n) is 9.36. The van der Waals surface area contributed by atoms with Crippen LogP contribution in [0.3, 0.4) is 0 Å². The van der Waals surface area contributed by atoms with Gasteiger partial charge in [0.1, 0.15) is 0 Å². The van der Waals surface area contributed by atoms with Crippen LogP contribution < -0.4 is 0 Å². The molecule has 0 saturated carbocycles. The van der Waals surface area contributed by atoms with E-state index in [1.54, 1.807) is 0 Å². The summed E-state index contributed by atoms with van der Waals surface area (Å²) in [5.41, 5.74) is 11.5. The molecular formula is C27H20. The fourth-order valence-electron chi connectivity index (χ4n) is 3.99. The van der Waals surface area contributed by atoms with Gasteiger partial charge < -0.3 is 0 Å². The van der Waals surface area contributed by atoms with Crippen molar-refractivity contribution in [3.05, 3.63) is 126 Å². The molecule has 0 aliphatic heterocycles. The van der Waals surface area contributed by atoms with Crippen LogP contribution in [0.25, 0.3) is 27.8 Å². The lowest BCUT2D eigenvalue weighted by atomic mass is 9.95. The zero-order valence-corrected chi connectivity index (χ0v) is 15.2. The molecule has 0 nitrogen and oxygen atoms in total. The molecule has 0 bridgehead atoms. The first-order valence-corrected chi connectivity index (χ1v) is 9.36. The molecule has 0 radical (unpaired) electrons. The summed E-state index contributed by atoms with van der Waals surface area (Å²) in [4.78, 5) is 0. The number of benzene rings is 4. The summed E-state index contributed by atoms with van der Waals surface area (Å²) in [6.07, 6.45) is 1.03. The van der Waals surface area contributed by atoms with E-state index >= 15 is 0 Å². The Morgan fingerprint density at radius 2 is 1.19 bits per heavy atom. The number of fused-ring (bicyclic) bond motifs is 3. The fourth-order valence-corrected chi connectivity index (χ4v) is 3.99. The summed E-state index contributed by atoms with van der Waals surface area (Å²) in [6.45, 7) is 4.27. The van der Waals surface area contributed by atoms with Crippen molar-refractivity contribution in [3.63, 3.8) is 0 Å². The van der Waals surface area contributed by atoms with Crippen LogP contribution >= 0.6 is 0 Å². The van der Waals surface area contributed by atoms with Gasteiger partial charge in [-0.05, 0) is 56.5 Å². The van der Waals surface area contributed by atoms with Crippen molar-refractivity contribution in [1.29, 1.82) is 0 Å². The molecule has 0 amide bonds. The maximum atomic E-state index is 4.27. The van der Waals surface area contributed by atoms with E-state index in [1.807, 2.05) is 6.07 Å². The van der Waals surface area contributed by atoms with Crippen molar-refractivity contribution in [3.8, 4) is 22.3 Å². The van der Waals surface area contributed by atoms with Crippen molar-refractivity contribution >= 4 is 5.57 Å². The molecule has 1 aliphatic rings. The molecule has 27 heavy (non-hydrogen) atoms. The lowest BCUT2D eigenvalue weighted by Crippen LogP contribution is -1.87. The average Bonchev–Trinajstić information content (AvgIpc) is 3.12. The highest BCUT2D eigenvalue weighted by atomic mass is 14.2. The molecule has 0 saturated heterocycles. The van der Waals surface area contributed by atoms with Gasteiger partial charge in [0.25, 0.3) is 0 Å². The van der Waals surface area contributed by atoms with Gasteiger partial charge in [-0.25, -0.2) is 0 Å². The fraction of sp³-hybridized carbons (Fsp3) is 0.0370. The molecular weight excluding hydrogens is 324 g/mol. The largest absolute Gasteiger partial charge is 0.0906 e. The highest BCUT2D eigenvalue weighted by Crippen LogP contribution is 2.38. The first-order chi connectivity index (χ1) is 13.3. The third kappa shape index (κ3) is 2.80. The summed E-state index contributed by atoms with van der Waals surface area (Å²) in [5.74, 6) is 0. The zero-order valence-electron chi connectivity index (χ0n) is 15.2. The van der Waals surface area contributed by atoms with Gasteiger partial charge >= 0.3 is 0 Å². The molecule has 0 aromatic heterocycles. The third-order valence-corrected chi connectivity index (χ3v) is 5.48. The van der Waals surface area contributed by atoms with Crippen LogP contribution in [0.1, 0.15) is 22.3 Å². The van der Waals surface area contributed by atoms with Crippen LogP contribution in [-0.2, 0) is 6.42 Å². The lowest BCUT2D eigenvalue weighted by molar-refractivity contribution is 1.26. The maximum Gasteiger partial charge on any atom is -0.00132 e. The Labute approximate surface area is 160 Å². The van der Waals surface area contributed by atoms with Gasteiger partial charge in [-0.2, -0.15) is 0 Å². The van der Waals surface area contributed by atoms with Crippen molar-refractivity contribution in [1.82, 2.24) is 0 Å². The minimum atomic E-state index is 1.03. The van der Waals surface area contributed by atoms with Gasteiger partial charge in [-0.3, -0.25) is 0 Å². The third-order valence-electron chi connectivity index (χ3n) is 5.48. The van der Waals surface area contributed by atoms with Gasteiger partial charge in [0.15, 0.2) is 0 Å². The van der Waals surface area contributed by atoms with Crippen LogP contribution in [0.2, 0.25) is 0 Å². The Morgan fingerprint density at radius 3 is 2.00 bits per heavy atom. The maximum absolute atomic E-state index is 4.27. The van der Waals surface area contributed by atoms with Crippen LogP contribution in [0.5, 0.6) is 0 Å². The predicted molar refractivity (Wildman–Crippen MR) is 115 cm³/mol. The van der Waals surface area contributed by atoms with Crippen molar-refractivity contribution in [2.75, 3.05) is 0 Å². The molecule has 0 unspecified atom stereocenters. The Kier molecular flexibility index (Phi) is 3.76. The van der Waals surface area contributed by atoms with Crippen molar-refractivity contribution < 1.29 is 0 Å². The summed E-state index contributed by atoms with van der Waals surface area (Å²) in [5, 5.41) is 0. The first kappa shape index (κ1) is 15.8. The number of hydrogen-bond acceptors (Lipinski definition) is 0. The number of hydrogen-bond donors (Lipinski definition) is 0. The summed E-state index contributed by atoms with van der Waals surface area (Å²) < 4.78 is 0. The van der Waals surface area contributed by atoms with E-state index in [1.165, 1.54) is 44.5 Å². The second kappa shape index (κ2) is 6.41. The second-order valence-corrected chi connectivity index (χ2v) is 7.13. The van der Waals surface area contributed by atoms with E-state index < -0.39 is 0 Å². The molecule has 0 N–H and O–H groups in total. The molecule has 4 aromatic rings. The molecule has 128 valence electrons. The van der Waals surface area contributed by atoms with E-state index in [9.17, 15) is 0 Å². The SMILES string of the molecule is C=C(c1ccccc1)c1ccc(-c2ccc3c(c2)Cc2ccccc2-3)cc1. The molecule has 0 spiro atoms. The highest BCUT2D eigenvalue weighted by Gasteiger charge is 2.18. The van der Waals surface area contributed by atoms with Crippen molar-refractivity contribution in [2.24, 2.45) is 0 Å². The van der Waals surface area contributed by atoms with E-state index in [0.717, 1.165) is 12.0 Å². The normalized spacial score (nSPS) is 11.7. The predicted octanol–water partition coefficient (Wildman–Crippen LogP) is 6.99. The molecule has 5 rings (SSSR count). The molecule has 4 aromatic carbocycles. The summed E-state index contributed by atoms with van der Waals surface area (Å²) in [7, 11) is 0. The Morgan fingerprint density at radius 1 is 0.556 bits per heavy atom. The summed E-state index contributed by atoms with van der Waals surface area (Å²) in [6, 6.07) is 34.7. The van der Waals surface area contributed by atoms with Crippen LogP contribution in [0.15, 0.2) is 104 Å². The van der Waals surface area contributed by atoms with Gasteiger partial charge in [-0.15, -0.1) is 0 Å². The van der Waals surface area contributed by atoms with Crippen LogP contribution in [0, 0.1) is 0 Å².